The molecule has 1 aliphatic rings. The lowest BCUT2D eigenvalue weighted by Crippen LogP contribution is -2.58. The Bertz CT molecular complexity index is 487. The third kappa shape index (κ3) is 2.60. The summed E-state index contributed by atoms with van der Waals surface area (Å²) in [6.07, 6.45) is 3.16. The van der Waals surface area contributed by atoms with Crippen molar-refractivity contribution in [1.82, 2.24) is 14.9 Å². The zero-order valence-electron chi connectivity index (χ0n) is 11.5. The lowest BCUT2D eigenvalue weighted by molar-refractivity contribution is 0.138. The third-order valence-corrected chi connectivity index (χ3v) is 3.65. The van der Waals surface area contributed by atoms with E-state index < -0.39 is 0 Å². The molecule has 2 rings (SSSR count). The Balaban J connectivity index is 2.33. The van der Waals surface area contributed by atoms with E-state index in [2.05, 4.69) is 45.8 Å². The van der Waals surface area contributed by atoms with Crippen LogP contribution in [0.25, 0.3) is 0 Å². The maximum absolute atomic E-state index is 8.82. The van der Waals surface area contributed by atoms with Gasteiger partial charge in [-0.05, 0) is 20.9 Å². The third-order valence-electron chi connectivity index (χ3n) is 3.65. The first-order valence-electron chi connectivity index (χ1n) is 6.21. The number of amidine groups is 1. The minimum absolute atomic E-state index is 0.0140. The number of aromatic nitrogens is 2. The van der Waals surface area contributed by atoms with Crippen molar-refractivity contribution in [2.24, 2.45) is 10.9 Å². The van der Waals surface area contributed by atoms with Crippen LogP contribution in [0.4, 0.5) is 5.82 Å². The maximum Gasteiger partial charge on any atom is 0.192 e. The smallest absolute Gasteiger partial charge is 0.192 e. The molecule has 0 aliphatic carbocycles. The molecule has 7 heteroatoms. The molecule has 0 amide bonds. The molecule has 0 atom stereocenters. The SMILES string of the molecule is CN1CCN(c2nccnc2C(N)=NO)CC1(C)C. The van der Waals surface area contributed by atoms with Crippen LogP contribution in [0, 0.1) is 0 Å². The van der Waals surface area contributed by atoms with Gasteiger partial charge in [-0.25, -0.2) is 9.97 Å². The molecule has 7 nitrogen and oxygen atoms in total. The van der Waals surface area contributed by atoms with Crippen LogP contribution in [0.1, 0.15) is 19.5 Å². The first-order valence-corrected chi connectivity index (χ1v) is 6.21. The van der Waals surface area contributed by atoms with E-state index in [9.17, 15) is 0 Å². The van der Waals surface area contributed by atoms with Crippen LogP contribution in [0.2, 0.25) is 0 Å². The number of nitrogens with two attached hydrogens (primary N) is 1. The maximum atomic E-state index is 8.82. The first kappa shape index (κ1) is 13.5. The molecular formula is C12H20N6O. The fraction of sp³-hybridized carbons (Fsp3) is 0.583. The van der Waals surface area contributed by atoms with Crippen LogP contribution in [0.15, 0.2) is 17.5 Å². The van der Waals surface area contributed by atoms with Crippen molar-refractivity contribution >= 4 is 11.7 Å². The van der Waals surface area contributed by atoms with Crippen molar-refractivity contribution in [3.05, 3.63) is 18.1 Å². The lowest BCUT2D eigenvalue weighted by atomic mass is 9.99. The lowest BCUT2D eigenvalue weighted by Gasteiger charge is -2.45. The van der Waals surface area contributed by atoms with Gasteiger partial charge in [0.25, 0.3) is 0 Å². The molecule has 0 saturated carbocycles. The van der Waals surface area contributed by atoms with Crippen molar-refractivity contribution in [2.45, 2.75) is 19.4 Å². The van der Waals surface area contributed by atoms with Crippen LogP contribution in [-0.2, 0) is 0 Å². The second-order valence-corrected chi connectivity index (χ2v) is 5.37. The second-order valence-electron chi connectivity index (χ2n) is 5.37. The molecule has 2 heterocycles. The molecular weight excluding hydrogens is 244 g/mol. The summed E-state index contributed by atoms with van der Waals surface area (Å²) in [4.78, 5) is 12.9. The Morgan fingerprint density at radius 1 is 1.37 bits per heavy atom. The number of likely N-dealkylation sites (N-methyl/N-ethyl adjacent to an activating group) is 1. The zero-order valence-corrected chi connectivity index (χ0v) is 11.5. The second kappa shape index (κ2) is 5.00. The molecule has 1 saturated heterocycles. The number of oxime groups is 1. The minimum atomic E-state index is -0.0140. The minimum Gasteiger partial charge on any atom is -0.409 e. The Labute approximate surface area is 112 Å². The normalized spacial score (nSPS) is 20.6. The van der Waals surface area contributed by atoms with Gasteiger partial charge in [-0.3, -0.25) is 4.90 Å². The summed E-state index contributed by atoms with van der Waals surface area (Å²) in [6, 6.07) is 0. The van der Waals surface area contributed by atoms with Crippen LogP contribution in [0.3, 0.4) is 0 Å². The highest BCUT2D eigenvalue weighted by Crippen LogP contribution is 2.24. The predicted octanol–water partition coefficient (Wildman–Crippen LogP) is 0.102. The Kier molecular flexibility index (Phi) is 3.57. The van der Waals surface area contributed by atoms with Gasteiger partial charge in [-0.2, -0.15) is 0 Å². The van der Waals surface area contributed by atoms with Gasteiger partial charge in [-0.15, -0.1) is 0 Å². The van der Waals surface area contributed by atoms with Crippen LogP contribution < -0.4 is 10.6 Å². The van der Waals surface area contributed by atoms with E-state index in [4.69, 9.17) is 10.9 Å². The van der Waals surface area contributed by atoms with Gasteiger partial charge in [0.15, 0.2) is 17.3 Å². The number of hydrogen-bond acceptors (Lipinski definition) is 6. The molecule has 0 radical (unpaired) electrons. The van der Waals surface area contributed by atoms with Crippen LogP contribution >= 0.6 is 0 Å². The summed E-state index contributed by atoms with van der Waals surface area (Å²) in [5.41, 5.74) is 6.12. The van der Waals surface area contributed by atoms with Crippen molar-refractivity contribution in [2.75, 3.05) is 31.6 Å². The molecule has 19 heavy (non-hydrogen) atoms. The summed E-state index contributed by atoms with van der Waals surface area (Å²) in [6.45, 7) is 6.94. The fourth-order valence-electron chi connectivity index (χ4n) is 2.21. The summed E-state index contributed by atoms with van der Waals surface area (Å²) in [5, 5.41) is 11.8. The molecule has 3 N–H and O–H groups in total. The molecule has 1 aliphatic heterocycles. The van der Waals surface area contributed by atoms with E-state index in [1.54, 1.807) is 6.20 Å². The Hall–Kier alpha value is -1.89. The van der Waals surface area contributed by atoms with Crippen molar-refractivity contribution < 1.29 is 5.21 Å². The van der Waals surface area contributed by atoms with Crippen LogP contribution in [-0.4, -0.2) is 58.1 Å². The number of hydrogen-bond donors (Lipinski definition) is 2. The number of nitrogens with zero attached hydrogens (tertiary/aromatic N) is 5. The summed E-state index contributed by atoms with van der Waals surface area (Å²) >= 11 is 0. The molecule has 1 fully saturated rings. The van der Waals surface area contributed by atoms with E-state index >= 15 is 0 Å². The molecule has 0 unspecified atom stereocenters. The highest BCUT2D eigenvalue weighted by Gasteiger charge is 2.32. The Morgan fingerprint density at radius 2 is 2.05 bits per heavy atom. The van der Waals surface area contributed by atoms with Gasteiger partial charge in [0, 0.05) is 37.6 Å². The average Bonchev–Trinajstić information content (AvgIpc) is 2.41. The van der Waals surface area contributed by atoms with Gasteiger partial charge in [0.05, 0.1) is 0 Å². The van der Waals surface area contributed by atoms with Crippen molar-refractivity contribution in [3.8, 4) is 0 Å². The first-order chi connectivity index (χ1) is 8.95. The van der Waals surface area contributed by atoms with Crippen LogP contribution in [0.5, 0.6) is 0 Å². The molecule has 0 spiro atoms. The van der Waals surface area contributed by atoms with Crippen molar-refractivity contribution in [3.63, 3.8) is 0 Å². The summed E-state index contributed by atoms with van der Waals surface area (Å²) < 4.78 is 0. The fourth-order valence-corrected chi connectivity index (χ4v) is 2.21. The predicted molar refractivity (Wildman–Crippen MR) is 73.5 cm³/mol. The Morgan fingerprint density at radius 3 is 2.68 bits per heavy atom. The van der Waals surface area contributed by atoms with Gasteiger partial charge < -0.3 is 15.8 Å². The average molecular weight is 264 g/mol. The number of rotatable bonds is 2. The van der Waals surface area contributed by atoms with E-state index in [-0.39, 0.29) is 11.4 Å². The largest absolute Gasteiger partial charge is 0.409 e. The quantitative estimate of drug-likeness (QED) is 0.341. The van der Waals surface area contributed by atoms with Gasteiger partial charge in [-0.1, -0.05) is 5.16 Å². The topological polar surface area (TPSA) is 90.9 Å². The summed E-state index contributed by atoms with van der Waals surface area (Å²) in [5.74, 6) is 0.652. The van der Waals surface area contributed by atoms with E-state index in [1.165, 1.54) is 6.20 Å². The molecule has 1 aromatic heterocycles. The highest BCUT2D eigenvalue weighted by atomic mass is 16.4. The standard InChI is InChI=1S/C12H20N6O/c1-12(2)8-18(7-6-17(12)3)11-9(10(13)16-19)14-4-5-15-11/h4-5,19H,6-8H2,1-3H3,(H2,13,16). The van der Waals surface area contributed by atoms with E-state index in [0.717, 1.165) is 19.6 Å². The summed E-state index contributed by atoms with van der Waals surface area (Å²) in [7, 11) is 2.11. The molecule has 0 bridgehead atoms. The monoisotopic (exact) mass is 264 g/mol. The van der Waals surface area contributed by atoms with Gasteiger partial charge >= 0.3 is 0 Å². The molecule has 104 valence electrons. The molecule has 0 aromatic carbocycles. The van der Waals surface area contributed by atoms with Gasteiger partial charge in [0.1, 0.15) is 0 Å². The van der Waals surface area contributed by atoms with E-state index in [1.807, 2.05) is 0 Å². The van der Waals surface area contributed by atoms with Gasteiger partial charge in [0.2, 0.25) is 0 Å². The van der Waals surface area contributed by atoms with Crippen molar-refractivity contribution in [1.29, 1.82) is 0 Å². The number of piperazine rings is 1. The number of anilines is 1. The molecule has 1 aromatic rings. The zero-order chi connectivity index (χ0) is 14.0. The van der Waals surface area contributed by atoms with E-state index in [0.29, 0.717) is 11.5 Å². The highest BCUT2D eigenvalue weighted by molar-refractivity contribution is 5.99.